The lowest BCUT2D eigenvalue weighted by molar-refractivity contribution is 0.281. The number of likely N-dealkylation sites (N-methyl/N-ethyl adjacent to an activating group) is 1. The average Bonchev–Trinajstić information content (AvgIpc) is 2.23. The molecule has 0 unspecified atom stereocenters. The first-order valence-electron chi connectivity index (χ1n) is 7.03. The normalized spacial score (nSPS) is 12.4. The Morgan fingerprint density at radius 1 is 1.17 bits per heavy atom. The summed E-state index contributed by atoms with van der Waals surface area (Å²) in [7, 11) is 4.25. The van der Waals surface area contributed by atoms with Gasteiger partial charge in [0, 0.05) is 18.6 Å². The number of rotatable bonds is 9. The van der Waals surface area contributed by atoms with Gasteiger partial charge in [0.05, 0.1) is 0 Å². The number of hydrogen-bond donors (Lipinski definition) is 1. The maximum absolute atomic E-state index is 4.17. The van der Waals surface area contributed by atoms with E-state index in [9.17, 15) is 0 Å². The van der Waals surface area contributed by atoms with Crippen molar-refractivity contribution in [2.24, 2.45) is 0 Å². The summed E-state index contributed by atoms with van der Waals surface area (Å²) in [6.45, 7) is 18.3. The molecule has 0 aromatic carbocycles. The van der Waals surface area contributed by atoms with Gasteiger partial charge in [0.1, 0.15) is 0 Å². The van der Waals surface area contributed by atoms with Crippen LogP contribution in [-0.4, -0.2) is 62.2 Å². The van der Waals surface area contributed by atoms with Gasteiger partial charge in [-0.1, -0.05) is 13.5 Å². The third-order valence-corrected chi connectivity index (χ3v) is 2.84. The van der Waals surface area contributed by atoms with Crippen LogP contribution in [-0.2, 0) is 0 Å². The molecule has 0 aliphatic carbocycles. The number of nitrogens with zero attached hydrogens (tertiary/aromatic N) is 2. The van der Waals surface area contributed by atoms with E-state index in [1.54, 1.807) is 0 Å². The van der Waals surface area contributed by atoms with Crippen molar-refractivity contribution >= 4 is 0 Å². The maximum atomic E-state index is 4.17. The van der Waals surface area contributed by atoms with Gasteiger partial charge < -0.3 is 10.2 Å². The Balaban J connectivity index is 3.86. The van der Waals surface area contributed by atoms with Crippen LogP contribution in [0.4, 0.5) is 0 Å². The molecule has 0 amide bonds. The highest BCUT2D eigenvalue weighted by atomic mass is 15.1. The Morgan fingerprint density at radius 3 is 2.22 bits per heavy atom. The van der Waals surface area contributed by atoms with Gasteiger partial charge in [-0.2, -0.15) is 0 Å². The molecule has 0 saturated carbocycles. The third kappa shape index (κ3) is 10.8. The van der Waals surface area contributed by atoms with Crippen LogP contribution >= 0.6 is 0 Å². The first-order chi connectivity index (χ1) is 8.24. The van der Waals surface area contributed by atoms with Gasteiger partial charge in [-0.15, -0.1) is 0 Å². The van der Waals surface area contributed by atoms with Gasteiger partial charge in [0.25, 0.3) is 0 Å². The molecule has 0 aliphatic rings. The second-order valence-electron chi connectivity index (χ2n) is 6.38. The largest absolute Gasteiger partial charge is 0.309 e. The van der Waals surface area contributed by atoms with Crippen LogP contribution in [0, 0.1) is 0 Å². The van der Waals surface area contributed by atoms with Crippen molar-refractivity contribution in [2.75, 3.05) is 46.8 Å². The minimum Gasteiger partial charge on any atom is -0.309 e. The summed E-state index contributed by atoms with van der Waals surface area (Å²) in [4.78, 5) is 4.71. The molecule has 1 N–H and O–H groups in total. The fourth-order valence-corrected chi connectivity index (χ4v) is 1.72. The minimum absolute atomic E-state index is 0.172. The van der Waals surface area contributed by atoms with E-state index in [4.69, 9.17) is 0 Å². The van der Waals surface area contributed by atoms with Crippen LogP contribution < -0.4 is 5.32 Å². The number of hydrogen-bond acceptors (Lipinski definition) is 3. The molecule has 3 heteroatoms. The Morgan fingerprint density at radius 2 is 1.78 bits per heavy atom. The lowest BCUT2D eigenvalue weighted by Gasteiger charge is -2.25. The molecule has 0 rings (SSSR count). The van der Waals surface area contributed by atoms with E-state index in [1.807, 2.05) is 0 Å². The summed E-state index contributed by atoms with van der Waals surface area (Å²) in [5.74, 6) is 0. The summed E-state index contributed by atoms with van der Waals surface area (Å²) in [6, 6.07) is 0. The molecule has 18 heavy (non-hydrogen) atoms. The third-order valence-electron chi connectivity index (χ3n) is 2.84. The van der Waals surface area contributed by atoms with Crippen LogP contribution in [0.2, 0.25) is 0 Å². The van der Waals surface area contributed by atoms with Crippen molar-refractivity contribution in [1.82, 2.24) is 15.1 Å². The van der Waals surface area contributed by atoms with Crippen molar-refractivity contribution in [2.45, 2.75) is 39.7 Å². The van der Waals surface area contributed by atoms with E-state index >= 15 is 0 Å². The Bertz CT molecular complexity index is 228. The molecule has 0 fully saturated rings. The zero-order chi connectivity index (χ0) is 14.2. The van der Waals surface area contributed by atoms with Gasteiger partial charge in [-0.3, -0.25) is 4.90 Å². The van der Waals surface area contributed by atoms with Gasteiger partial charge >= 0.3 is 0 Å². The second-order valence-corrected chi connectivity index (χ2v) is 6.38. The van der Waals surface area contributed by atoms with Crippen molar-refractivity contribution < 1.29 is 0 Å². The fraction of sp³-hybridized carbons (Fsp3) is 0.867. The van der Waals surface area contributed by atoms with Gasteiger partial charge in [0.2, 0.25) is 0 Å². The van der Waals surface area contributed by atoms with Crippen molar-refractivity contribution in [3.05, 3.63) is 12.2 Å². The van der Waals surface area contributed by atoms with Crippen molar-refractivity contribution in [3.63, 3.8) is 0 Å². The second kappa shape index (κ2) is 8.68. The molecule has 0 aromatic rings. The molecule has 0 bridgehead atoms. The summed E-state index contributed by atoms with van der Waals surface area (Å²) < 4.78 is 0. The van der Waals surface area contributed by atoms with Crippen LogP contribution in [0.3, 0.4) is 0 Å². The topological polar surface area (TPSA) is 18.5 Å². The Kier molecular flexibility index (Phi) is 8.49. The Labute approximate surface area is 114 Å². The summed E-state index contributed by atoms with van der Waals surface area (Å²) in [5.41, 5.74) is 1.45. The SMILES string of the molecule is C=C(CNC(C)(C)C)CN(CC)CCCN(C)C. The highest BCUT2D eigenvalue weighted by Gasteiger charge is 2.10. The highest BCUT2D eigenvalue weighted by Crippen LogP contribution is 2.02. The van der Waals surface area contributed by atoms with E-state index in [0.29, 0.717) is 0 Å². The van der Waals surface area contributed by atoms with Crippen LogP contribution in [0.15, 0.2) is 12.2 Å². The maximum Gasteiger partial charge on any atom is 0.0202 e. The first-order valence-corrected chi connectivity index (χ1v) is 7.03. The van der Waals surface area contributed by atoms with E-state index in [1.165, 1.54) is 12.0 Å². The van der Waals surface area contributed by atoms with Gasteiger partial charge in [0.15, 0.2) is 0 Å². The molecule has 0 heterocycles. The van der Waals surface area contributed by atoms with Crippen LogP contribution in [0.25, 0.3) is 0 Å². The summed E-state index contributed by atoms with van der Waals surface area (Å²) in [5, 5.41) is 3.49. The predicted molar refractivity (Wildman–Crippen MR) is 82.2 cm³/mol. The van der Waals surface area contributed by atoms with Crippen molar-refractivity contribution in [1.29, 1.82) is 0 Å². The zero-order valence-corrected chi connectivity index (χ0v) is 13.3. The lowest BCUT2D eigenvalue weighted by Crippen LogP contribution is -2.39. The van der Waals surface area contributed by atoms with Crippen LogP contribution in [0.5, 0.6) is 0 Å². The van der Waals surface area contributed by atoms with Gasteiger partial charge in [-0.25, -0.2) is 0 Å². The molecule has 0 saturated heterocycles. The van der Waals surface area contributed by atoms with E-state index in [0.717, 1.165) is 32.7 Å². The predicted octanol–water partition coefficient (Wildman–Crippen LogP) is 2.20. The summed E-state index contributed by atoms with van der Waals surface area (Å²) in [6.07, 6.45) is 1.22. The monoisotopic (exact) mass is 255 g/mol. The quantitative estimate of drug-likeness (QED) is 0.637. The molecule has 0 radical (unpaired) electrons. The van der Waals surface area contributed by atoms with E-state index in [2.05, 4.69) is 63.5 Å². The average molecular weight is 255 g/mol. The smallest absolute Gasteiger partial charge is 0.0202 e. The molecule has 0 aliphatic heterocycles. The Hall–Kier alpha value is -0.380. The number of nitrogens with one attached hydrogen (secondary N) is 1. The summed E-state index contributed by atoms with van der Waals surface area (Å²) >= 11 is 0. The lowest BCUT2D eigenvalue weighted by atomic mass is 10.1. The first kappa shape index (κ1) is 17.6. The molecular weight excluding hydrogens is 222 g/mol. The van der Waals surface area contributed by atoms with E-state index in [-0.39, 0.29) is 5.54 Å². The highest BCUT2D eigenvalue weighted by molar-refractivity contribution is 5.01. The molecular formula is C15H33N3. The minimum atomic E-state index is 0.172. The van der Waals surface area contributed by atoms with E-state index < -0.39 is 0 Å². The van der Waals surface area contributed by atoms with Crippen molar-refractivity contribution in [3.8, 4) is 0 Å². The molecule has 3 nitrogen and oxygen atoms in total. The zero-order valence-electron chi connectivity index (χ0n) is 13.3. The molecule has 0 aromatic heterocycles. The standard InChI is InChI=1S/C15H33N3/c1-8-18(11-9-10-17(6)7)13-14(2)12-16-15(3,4)5/h16H,2,8-13H2,1,3-7H3. The fourth-order valence-electron chi connectivity index (χ4n) is 1.72. The van der Waals surface area contributed by atoms with Gasteiger partial charge in [-0.05, 0) is 66.5 Å². The molecule has 0 spiro atoms. The van der Waals surface area contributed by atoms with Crippen LogP contribution in [0.1, 0.15) is 34.1 Å². The molecule has 0 atom stereocenters. The molecule has 108 valence electrons.